The number of hydrogen-bond donors (Lipinski definition) is 3. The molecule has 0 saturated carbocycles. The first kappa shape index (κ1) is 19.1. The molecule has 3 N–H and O–H groups in total. The molecule has 6 heteroatoms. The Balaban J connectivity index is 1.31. The fraction of sp³-hybridized carbons (Fsp3) is 0.600. The lowest BCUT2D eigenvalue weighted by Gasteiger charge is -2.17. The van der Waals surface area contributed by atoms with Gasteiger partial charge in [0.15, 0.2) is 0 Å². The fourth-order valence-corrected chi connectivity index (χ4v) is 5.37. The maximum atomic E-state index is 12.1. The number of carbonyl (C=O) groups excluding carboxylic acids is 2. The van der Waals surface area contributed by atoms with Gasteiger partial charge in [0.25, 0.3) is 0 Å². The van der Waals surface area contributed by atoms with E-state index in [0.29, 0.717) is 24.1 Å². The van der Waals surface area contributed by atoms with Gasteiger partial charge in [0.2, 0.25) is 5.91 Å². The second kappa shape index (κ2) is 9.31. The highest BCUT2D eigenvalue weighted by atomic mass is 32.2. The van der Waals surface area contributed by atoms with Crippen LogP contribution in [-0.4, -0.2) is 41.6 Å². The minimum Gasteiger partial charge on any atom is -0.355 e. The third-order valence-electron chi connectivity index (χ3n) is 5.39. The Kier molecular flexibility index (Phi) is 6.83. The van der Waals surface area contributed by atoms with Gasteiger partial charge in [-0.05, 0) is 24.8 Å². The molecule has 2 fully saturated rings. The summed E-state index contributed by atoms with van der Waals surface area (Å²) in [4.78, 5) is 23.5. The number of carbonyl (C=O) groups is 2. The van der Waals surface area contributed by atoms with Crippen molar-refractivity contribution in [3.8, 4) is 0 Å². The molecule has 3 amide bonds. The van der Waals surface area contributed by atoms with Crippen LogP contribution in [0.2, 0.25) is 0 Å². The second-order valence-electron chi connectivity index (χ2n) is 7.19. The molecule has 4 atom stereocenters. The third kappa shape index (κ3) is 4.93. The minimum absolute atomic E-state index is 0.0337. The van der Waals surface area contributed by atoms with Crippen molar-refractivity contribution >= 4 is 23.7 Å². The Labute approximate surface area is 160 Å². The monoisotopic (exact) mass is 375 g/mol. The van der Waals surface area contributed by atoms with Crippen LogP contribution in [0.3, 0.4) is 0 Å². The number of hydrogen-bond acceptors (Lipinski definition) is 3. The van der Waals surface area contributed by atoms with Gasteiger partial charge in [-0.1, -0.05) is 43.7 Å². The number of fused-ring (bicyclic) bond motifs is 1. The van der Waals surface area contributed by atoms with E-state index in [2.05, 4.69) is 35.0 Å². The van der Waals surface area contributed by atoms with Crippen LogP contribution in [0.4, 0.5) is 4.79 Å². The molecule has 0 aromatic heterocycles. The molecule has 2 aliphatic rings. The van der Waals surface area contributed by atoms with E-state index >= 15 is 0 Å². The number of rotatable bonds is 9. The van der Waals surface area contributed by atoms with Gasteiger partial charge in [-0.25, -0.2) is 4.79 Å². The van der Waals surface area contributed by atoms with E-state index < -0.39 is 0 Å². The van der Waals surface area contributed by atoms with Crippen molar-refractivity contribution in [3.63, 3.8) is 0 Å². The van der Waals surface area contributed by atoms with Gasteiger partial charge in [-0.3, -0.25) is 4.79 Å². The first-order valence-electron chi connectivity index (χ1n) is 9.67. The highest BCUT2D eigenvalue weighted by molar-refractivity contribution is 8.00. The summed E-state index contributed by atoms with van der Waals surface area (Å²) in [6, 6.07) is 10.9. The summed E-state index contributed by atoms with van der Waals surface area (Å²) in [6.45, 7) is 2.87. The first-order valence-corrected chi connectivity index (χ1v) is 10.7. The number of urea groups is 1. The zero-order valence-electron chi connectivity index (χ0n) is 15.4. The molecule has 26 heavy (non-hydrogen) atoms. The fourth-order valence-electron chi connectivity index (χ4n) is 3.82. The standard InChI is InChI=1S/C20H29N3O2S/c1-2-14(15-8-4-3-5-9-15)12-21-18(24)11-7-6-10-17-19-16(13-26-17)22-20(25)23-19/h3-5,8-9,14,16-17,19H,2,6-7,10-13H2,1H3,(H,21,24)(H2,22,23,25)/t14-,16+,17+,19+/m1/s1. The van der Waals surface area contributed by atoms with Crippen LogP contribution >= 0.6 is 11.8 Å². The minimum atomic E-state index is -0.0337. The van der Waals surface area contributed by atoms with E-state index in [4.69, 9.17) is 0 Å². The summed E-state index contributed by atoms with van der Waals surface area (Å²) >= 11 is 1.93. The Hall–Kier alpha value is -1.69. The van der Waals surface area contributed by atoms with Gasteiger partial charge >= 0.3 is 6.03 Å². The van der Waals surface area contributed by atoms with E-state index in [1.54, 1.807) is 0 Å². The first-order chi connectivity index (χ1) is 12.7. The Morgan fingerprint density at radius 3 is 2.85 bits per heavy atom. The average Bonchev–Trinajstić information content (AvgIpc) is 3.19. The largest absolute Gasteiger partial charge is 0.355 e. The van der Waals surface area contributed by atoms with E-state index in [1.165, 1.54) is 5.56 Å². The van der Waals surface area contributed by atoms with Crippen molar-refractivity contribution in [2.75, 3.05) is 12.3 Å². The van der Waals surface area contributed by atoms with Gasteiger partial charge in [0, 0.05) is 29.9 Å². The molecule has 0 bridgehead atoms. The van der Waals surface area contributed by atoms with Crippen LogP contribution in [0, 0.1) is 0 Å². The summed E-state index contributed by atoms with van der Waals surface area (Å²) in [5.41, 5.74) is 1.29. The zero-order valence-corrected chi connectivity index (χ0v) is 16.2. The molecular formula is C20H29N3O2S. The summed E-state index contributed by atoms with van der Waals surface area (Å²) in [5.74, 6) is 1.52. The SMILES string of the molecule is CC[C@H](CNC(=O)CCCC[C@@H]1SC[C@@H]2NC(=O)N[C@@H]21)c1ccccc1. The Morgan fingerprint density at radius 1 is 1.27 bits per heavy atom. The smallest absolute Gasteiger partial charge is 0.315 e. The lowest BCUT2D eigenvalue weighted by Crippen LogP contribution is -2.36. The van der Waals surface area contributed by atoms with Crippen molar-refractivity contribution in [3.05, 3.63) is 35.9 Å². The summed E-state index contributed by atoms with van der Waals surface area (Å²) < 4.78 is 0. The average molecular weight is 376 g/mol. The molecule has 1 aromatic rings. The van der Waals surface area contributed by atoms with Crippen molar-refractivity contribution in [2.45, 2.75) is 62.3 Å². The molecule has 5 nitrogen and oxygen atoms in total. The van der Waals surface area contributed by atoms with E-state index in [0.717, 1.165) is 31.4 Å². The summed E-state index contributed by atoms with van der Waals surface area (Å²) in [7, 11) is 0. The molecule has 2 heterocycles. The molecule has 142 valence electrons. The van der Waals surface area contributed by atoms with E-state index in [1.807, 2.05) is 30.0 Å². The Morgan fingerprint density at radius 2 is 2.08 bits per heavy atom. The predicted octanol–water partition coefficient (Wildman–Crippen LogP) is 3.02. The normalized spacial score (nSPS) is 25.3. The van der Waals surface area contributed by atoms with Crippen LogP contribution in [-0.2, 0) is 4.79 Å². The van der Waals surface area contributed by atoms with Gasteiger partial charge in [-0.15, -0.1) is 0 Å². The number of benzene rings is 1. The molecular weight excluding hydrogens is 346 g/mol. The van der Waals surface area contributed by atoms with Crippen molar-refractivity contribution in [1.29, 1.82) is 0 Å². The van der Waals surface area contributed by atoms with Crippen LogP contribution in [0.25, 0.3) is 0 Å². The van der Waals surface area contributed by atoms with Crippen molar-refractivity contribution < 1.29 is 9.59 Å². The summed E-state index contributed by atoms with van der Waals surface area (Å²) in [5, 5.41) is 9.55. The molecule has 0 spiro atoms. The molecule has 0 unspecified atom stereocenters. The topological polar surface area (TPSA) is 70.2 Å². The van der Waals surface area contributed by atoms with Crippen molar-refractivity contribution in [1.82, 2.24) is 16.0 Å². The highest BCUT2D eigenvalue weighted by Gasteiger charge is 2.42. The van der Waals surface area contributed by atoms with Crippen LogP contribution in [0.15, 0.2) is 30.3 Å². The van der Waals surface area contributed by atoms with E-state index in [-0.39, 0.29) is 24.0 Å². The summed E-state index contributed by atoms with van der Waals surface area (Å²) in [6.07, 6.45) is 4.60. The molecule has 2 aliphatic heterocycles. The maximum absolute atomic E-state index is 12.1. The van der Waals surface area contributed by atoms with Gasteiger partial charge < -0.3 is 16.0 Å². The van der Waals surface area contributed by atoms with Crippen LogP contribution in [0.5, 0.6) is 0 Å². The quantitative estimate of drug-likeness (QED) is 0.459. The molecule has 2 saturated heterocycles. The van der Waals surface area contributed by atoms with Crippen LogP contribution in [0.1, 0.15) is 50.5 Å². The molecule has 3 rings (SSSR count). The highest BCUT2D eigenvalue weighted by Crippen LogP contribution is 2.33. The van der Waals surface area contributed by atoms with Gasteiger partial charge in [-0.2, -0.15) is 11.8 Å². The lowest BCUT2D eigenvalue weighted by atomic mass is 9.96. The second-order valence-corrected chi connectivity index (χ2v) is 8.46. The van der Waals surface area contributed by atoms with Gasteiger partial charge in [0.1, 0.15) is 0 Å². The van der Waals surface area contributed by atoms with E-state index in [9.17, 15) is 9.59 Å². The number of thioether (sulfide) groups is 1. The van der Waals surface area contributed by atoms with Crippen LogP contribution < -0.4 is 16.0 Å². The molecule has 0 aliphatic carbocycles. The van der Waals surface area contributed by atoms with Gasteiger partial charge in [0.05, 0.1) is 12.1 Å². The zero-order chi connectivity index (χ0) is 18.4. The number of unbranched alkanes of at least 4 members (excludes halogenated alkanes) is 1. The Bertz CT molecular complexity index is 610. The van der Waals surface area contributed by atoms with Crippen molar-refractivity contribution in [2.24, 2.45) is 0 Å². The number of nitrogens with one attached hydrogen (secondary N) is 3. The predicted molar refractivity (Wildman–Crippen MR) is 106 cm³/mol. The number of amides is 3. The maximum Gasteiger partial charge on any atom is 0.315 e. The third-order valence-corrected chi connectivity index (χ3v) is 6.90. The lowest BCUT2D eigenvalue weighted by molar-refractivity contribution is -0.121. The molecule has 1 aromatic carbocycles. The molecule has 0 radical (unpaired) electrons.